The van der Waals surface area contributed by atoms with E-state index >= 15 is 4.79 Å². The number of fused-ring (bicyclic) bond motifs is 7. The molecule has 10 rings (SSSR count). The molecule has 0 bridgehead atoms. The van der Waals surface area contributed by atoms with E-state index in [1.54, 1.807) is 0 Å². The van der Waals surface area contributed by atoms with Crippen molar-refractivity contribution < 1.29 is 128 Å². The van der Waals surface area contributed by atoms with Gasteiger partial charge >= 0.3 is 11.9 Å². The van der Waals surface area contributed by atoms with Crippen molar-refractivity contribution in [3.8, 4) is 0 Å². The molecule has 14 N–H and O–H groups in total. The molecule has 0 spiro atoms. The maximum absolute atomic E-state index is 15.4. The summed E-state index contributed by atoms with van der Waals surface area (Å²) in [5.74, 6) is -2.81. The predicted molar refractivity (Wildman–Crippen MR) is 278 cm³/mol. The first kappa shape index (κ1) is 63.8. The molecule has 0 amide bonds. The number of hydrogen-bond donors (Lipinski definition) is 14. The molecule has 5 aliphatic heterocycles. The minimum atomic E-state index is -1.95. The summed E-state index contributed by atoms with van der Waals surface area (Å²) in [5.41, 5.74) is -2.74. The number of aliphatic hydroxyl groups excluding tert-OH is 13. The number of aliphatic carboxylic acids is 1. The van der Waals surface area contributed by atoms with Gasteiger partial charge in [0.05, 0.1) is 38.1 Å². The molecule has 0 aromatic carbocycles. The molecule has 31 atom stereocenters. The standard InChI is InChI=1S/C57H90O26/c1-22-41(79-46-36(66)32(62)25(58)19-74-46)35(65)38(68)48(77-22)82-44-34(64)27(60)21-76-50(44)83-51(73)57-16-15-52(2,3)17-24(57)23-9-10-29-54(6)13-12-31(53(4,5)28(54)11-14-55(29,7)56(23,8)18-30(57)61)78-49-40(70)42(39(69)43(81-49)45(71)72)80-47-37(67)33(63)26(59)20-75-47/h9,22,24-44,46-50,58-70H,10-21H2,1-8H3,(H,71,72)/t22-,24-,25+,26+,27-,28-,29+,30+,31-,32-,33-,34-,35-,36+,37+,38+,39-,40+,41-,42-,43-,44+,46-,47-,48+,49+,50-,54-,55+,56+,57+/m0/s1. The van der Waals surface area contributed by atoms with Gasteiger partial charge in [-0.1, -0.05) is 60.1 Å². The fourth-order valence-corrected chi connectivity index (χ4v) is 17.2. The number of carbonyl (C=O) groups is 2. The lowest BCUT2D eigenvalue weighted by molar-refractivity contribution is -0.369. The molecule has 9 fully saturated rings. The van der Waals surface area contributed by atoms with Gasteiger partial charge in [-0.15, -0.1) is 0 Å². The Hall–Kier alpha value is -2.20. The van der Waals surface area contributed by atoms with E-state index in [9.17, 15) is 76.3 Å². The van der Waals surface area contributed by atoms with E-state index < -0.39 is 200 Å². The summed E-state index contributed by atoms with van der Waals surface area (Å²) >= 11 is 0. The lowest BCUT2D eigenvalue weighted by Gasteiger charge is -2.71. The summed E-state index contributed by atoms with van der Waals surface area (Å²) in [5, 5.41) is 152. The van der Waals surface area contributed by atoms with E-state index in [2.05, 4.69) is 54.5 Å². The van der Waals surface area contributed by atoms with Crippen LogP contribution in [-0.4, -0.2) is 251 Å². The van der Waals surface area contributed by atoms with E-state index in [1.807, 2.05) is 0 Å². The quantitative estimate of drug-likeness (QED) is 0.0593. The van der Waals surface area contributed by atoms with Gasteiger partial charge in [-0.3, -0.25) is 4.79 Å². The summed E-state index contributed by atoms with van der Waals surface area (Å²) in [7, 11) is 0. The SMILES string of the molecule is C[C@@H]1O[C@H](O[C@H]2[C@H](OC(=O)[C@]34CCC(C)(C)C[C@H]3C3=CC[C@@H]5[C@@]6(C)CC[C@H](O[C@@H]7O[C@H](C(=O)O)[C@@H](O)[C@H](O[C@@H]8OC[C@@H](O)[C@H](O)[C@H]8O)[C@H]7O)C(C)(C)[C@@H]6CC[C@@]5(C)[C@]3(C)C[C@H]4O)OC[C@H](O)[C@@H]2O)[C@H](O)[C@H](O)[C@H]1O[C@@H]1OC[C@@H](O)[C@H](O)[C@H]1O. The predicted octanol–water partition coefficient (Wildman–Crippen LogP) is -2.20. The number of hydrogen-bond acceptors (Lipinski definition) is 25. The van der Waals surface area contributed by atoms with E-state index in [0.717, 1.165) is 5.57 Å². The average Bonchev–Trinajstić information content (AvgIpc) is 0.720. The van der Waals surface area contributed by atoms with E-state index in [4.69, 9.17) is 47.4 Å². The second kappa shape index (κ2) is 23.0. The maximum Gasteiger partial charge on any atom is 0.335 e. The minimum absolute atomic E-state index is 0.00538. The zero-order chi connectivity index (χ0) is 60.6. The summed E-state index contributed by atoms with van der Waals surface area (Å²) in [6.07, 6.45) is -31.2. The van der Waals surface area contributed by atoms with Crippen LogP contribution in [-0.2, 0) is 57.0 Å². The molecule has 0 aromatic rings. The van der Waals surface area contributed by atoms with E-state index in [0.29, 0.717) is 44.9 Å². The number of carboxylic acids is 1. The Kier molecular flexibility index (Phi) is 17.7. The summed E-state index contributed by atoms with van der Waals surface area (Å²) in [6, 6.07) is 0. The van der Waals surface area contributed by atoms with Crippen LogP contribution in [0.1, 0.15) is 113 Å². The number of esters is 1. The highest BCUT2D eigenvalue weighted by Crippen LogP contribution is 2.76. The molecule has 83 heavy (non-hydrogen) atoms. The molecule has 26 heteroatoms. The Labute approximate surface area is 481 Å². The zero-order valence-electron chi connectivity index (χ0n) is 48.3. The maximum atomic E-state index is 15.4. The molecule has 0 aromatic heterocycles. The number of aliphatic hydroxyl groups is 13. The van der Waals surface area contributed by atoms with Crippen molar-refractivity contribution in [3.05, 3.63) is 11.6 Å². The second-order valence-electron chi connectivity index (χ2n) is 27.9. The second-order valence-corrected chi connectivity index (χ2v) is 27.9. The lowest BCUT2D eigenvalue weighted by Crippen LogP contribution is -2.68. The van der Waals surface area contributed by atoms with Gasteiger partial charge in [-0.2, -0.15) is 0 Å². The zero-order valence-corrected chi connectivity index (χ0v) is 48.3. The van der Waals surface area contributed by atoms with Crippen LogP contribution in [0.15, 0.2) is 11.6 Å². The van der Waals surface area contributed by atoms with Crippen LogP contribution in [0.3, 0.4) is 0 Å². The number of ether oxygens (including phenoxy) is 10. The van der Waals surface area contributed by atoms with Gasteiger partial charge in [0.1, 0.15) is 90.9 Å². The third-order valence-corrected chi connectivity index (χ3v) is 22.3. The van der Waals surface area contributed by atoms with Gasteiger partial charge in [0, 0.05) is 0 Å². The third-order valence-electron chi connectivity index (χ3n) is 22.3. The normalized spacial score (nSPS) is 54.2. The molecule has 5 aliphatic carbocycles. The molecule has 5 saturated heterocycles. The van der Waals surface area contributed by atoms with Crippen molar-refractivity contribution in [3.63, 3.8) is 0 Å². The van der Waals surface area contributed by atoms with Crippen LogP contribution >= 0.6 is 0 Å². The Morgan fingerprint density at radius 3 is 1.71 bits per heavy atom. The highest BCUT2D eigenvalue weighted by atomic mass is 16.8. The van der Waals surface area contributed by atoms with Gasteiger partial charge in [0.25, 0.3) is 0 Å². The van der Waals surface area contributed by atoms with Crippen LogP contribution in [0.25, 0.3) is 0 Å². The summed E-state index contributed by atoms with van der Waals surface area (Å²) < 4.78 is 58.8. The molecule has 0 radical (unpaired) electrons. The first-order chi connectivity index (χ1) is 38.7. The van der Waals surface area contributed by atoms with E-state index in [1.165, 1.54) is 6.92 Å². The van der Waals surface area contributed by atoms with Crippen LogP contribution in [0.4, 0.5) is 0 Å². The van der Waals surface area contributed by atoms with Crippen LogP contribution in [0.5, 0.6) is 0 Å². The largest absolute Gasteiger partial charge is 0.479 e. The highest BCUT2D eigenvalue weighted by molar-refractivity contribution is 5.80. The number of carbonyl (C=O) groups excluding carboxylic acids is 1. The third kappa shape index (κ3) is 10.6. The number of carboxylic acid groups (broad SMARTS) is 1. The van der Waals surface area contributed by atoms with Crippen molar-refractivity contribution in [1.29, 1.82) is 0 Å². The Morgan fingerprint density at radius 1 is 0.542 bits per heavy atom. The molecule has 474 valence electrons. The van der Waals surface area contributed by atoms with Crippen LogP contribution in [0.2, 0.25) is 0 Å². The average molecular weight is 1190 g/mol. The van der Waals surface area contributed by atoms with Gasteiger partial charge < -0.3 is 119 Å². The fourth-order valence-electron chi connectivity index (χ4n) is 17.2. The van der Waals surface area contributed by atoms with Crippen molar-refractivity contribution >= 4 is 11.9 Å². The molecule has 0 unspecified atom stereocenters. The van der Waals surface area contributed by atoms with Crippen LogP contribution in [0, 0.1) is 50.2 Å². The van der Waals surface area contributed by atoms with E-state index in [-0.39, 0.29) is 42.1 Å². The van der Waals surface area contributed by atoms with Gasteiger partial charge in [-0.05, 0) is 110 Å². The molecule has 10 aliphatic rings. The Balaban J connectivity index is 0.865. The van der Waals surface area contributed by atoms with Crippen molar-refractivity contribution in [2.75, 3.05) is 19.8 Å². The lowest BCUT2D eigenvalue weighted by atomic mass is 9.33. The molecular weight excluding hydrogens is 1100 g/mol. The van der Waals surface area contributed by atoms with Gasteiger partial charge in [-0.25, -0.2) is 4.79 Å². The van der Waals surface area contributed by atoms with Crippen molar-refractivity contribution in [1.82, 2.24) is 0 Å². The molecule has 4 saturated carbocycles. The number of allylic oxidation sites excluding steroid dienone is 2. The van der Waals surface area contributed by atoms with Crippen LogP contribution < -0.4 is 0 Å². The first-order valence-corrected chi connectivity index (χ1v) is 29.5. The molecule has 26 nitrogen and oxygen atoms in total. The monoisotopic (exact) mass is 1190 g/mol. The first-order valence-electron chi connectivity index (χ1n) is 29.5. The molecule has 5 heterocycles. The Bertz CT molecular complexity index is 2380. The van der Waals surface area contributed by atoms with Gasteiger partial charge in [0.15, 0.2) is 37.4 Å². The number of rotatable bonds is 11. The van der Waals surface area contributed by atoms with Crippen molar-refractivity contribution in [2.45, 2.75) is 261 Å². The minimum Gasteiger partial charge on any atom is -0.479 e. The Morgan fingerprint density at radius 2 is 1.10 bits per heavy atom. The van der Waals surface area contributed by atoms with Crippen molar-refractivity contribution in [2.24, 2.45) is 50.2 Å². The highest BCUT2D eigenvalue weighted by Gasteiger charge is 2.72. The fraction of sp³-hybridized carbons (Fsp3) is 0.930. The molecular formula is C57H90O26. The summed E-state index contributed by atoms with van der Waals surface area (Å²) in [4.78, 5) is 27.9. The topological polar surface area (TPSA) is 410 Å². The smallest absolute Gasteiger partial charge is 0.335 e. The summed E-state index contributed by atoms with van der Waals surface area (Å²) in [6.45, 7) is 15.4. The van der Waals surface area contributed by atoms with Gasteiger partial charge in [0.2, 0.25) is 6.29 Å².